The number of ether oxygens (including phenoxy) is 1. The molecular weight excluding hydrogens is 366 g/mol. The lowest BCUT2D eigenvalue weighted by atomic mass is 10.2. The van der Waals surface area contributed by atoms with Crippen molar-refractivity contribution >= 4 is 29.0 Å². The number of non-ortho nitro benzene ring substituents is 1. The molecule has 0 aliphatic heterocycles. The third-order valence-corrected chi connectivity index (χ3v) is 3.68. The van der Waals surface area contributed by atoms with Gasteiger partial charge in [0.25, 0.3) is 5.69 Å². The molecule has 0 saturated carbocycles. The second-order valence-electron chi connectivity index (χ2n) is 6.13. The van der Waals surface area contributed by atoms with Gasteiger partial charge >= 0.3 is 0 Å². The fraction of sp³-hybridized carbons (Fsp3) is 0.278. The second-order valence-corrected chi connectivity index (χ2v) is 6.13. The molecule has 0 radical (unpaired) electrons. The Hall–Kier alpha value is -3.53. The summed E-state index contributed by atoms with van der Waals surface area (Å²) in [4.78, 5) is 40.1. The monoisotopic (exact) mass is 387 g/mol. The first-order valence-corrected chi connectivity index (χ1v) is 8.32. The molecule has 0 spiro atoms. The quantitative estimate of drug-likeness (QED) is 0.522. The van der Waals surface area contributed by atoms with Crippen LogP contribution in [-0.2, 0) is 9.59 Å². The summed E-state index contributed by atoms with van der Waals surface area (Å²) in [5, 5.41) is 16.1. The van der Waals surface area contributed by atoms with Gasteiger partial charge in [-0.3, -0.25) is 24.6 Å². The summed E-state index contributed by atoms with van der Waals surface area (Å²) in [6.07, 6.45) is 1.60. The molecular formula is C18H21N5O5. The number of likely N-dealkylation sites (N-methyl/N-ethyl adjacent to an activating group) is 1. The van der Waals surface area contributed by atoms with Crippen molar-refractivity contribution in [3.8, 4) is 5.75 Å². The van der Waals surface area contributed by atoms with Gasteiger partial charge in [-0.15, -0.1) is 0 Å². The molecule has 2 aromatic rings. The van der Waals surface area contributed by atoms with E-state index in [0.717, 1.165) is 5.56 Å². The summed E-state index contributed by atoms with van der Waals surface area (Å²) in [7, 11) is 2.97. The first kappa shape index (κ1) is 20.8. The smallest absolute Gasteiger partial charge is 0.273 e. The maximum absolute atomic E-state index is 12.2. The van der Waals surface area contributed by atoms with Crippen LogP contribution < -0.4 is 15.4 Å². The number of anilines is 2. The zero-order chi connectivity index (χ0) is 20.7. The molecule has 0 fully saturated rings. The van der Waals surface area contributed by atoms with Crippen LogP contribution in [0.25, 0.3) is 0 Å². The molecule has 0 bridgehead atoms. The highest BCUT2D eigenvalue weighted by molar-refractivity contribution is 5.95. The van der Waals surface area contributed by atoms with Crippen molar-refractivity contribution in [2.24, 2.45) is 0 Å². The number of nitro benzene ring substituents is 1. The SMILES string of the molecule is COc1cc([N+](=O)[O-])ccc1NC(=O)CN(C)CC(=O)Nc1cc(C)ccn1. The van der Waals surface area contributed by atoms with Gasteiger partial charge in [-0.2, -0.15) is 0 Å². The molecule has 10 nitrogen and oxygen atoms in total. The van der Waals surface area contributed by atoms with Crippen LogP contribution in [0.4, 0.5) is 17.2 Å². The van der Waals surface area contributed by atoms with E-state index in [1.807, 2.05) is 13.0 Å². The number of amides is 2. The Labute approximate surface area is 161 Å². The molecule has 2 rings (SSSR count). The number of pyridine rings is 1. The van der Waals surface area contributed by atoms with Crippen LogP contribution in [0.5, 0.6) is 5.75 Å². The largest absolute Gasteiger partial charge is 0.494 e. The first-order valence-electron chi connectivity index (χ1n) is 8.32. The molecule has 148 valence electrons. The molecule has 1 aromatic heterocycles. The number of aromatic nitrogens is 1. The van der Waals surface area contributed by atoms with Gasteiger partial charge in [-0.1, -0.05) is 0 Å². The van der Waals surface area contributed by atoms with Gasteiger partial charge in [-0.05, 0) is 37.7 Å². The lowest BCUT2D eigenvalue weighted by Crippen LogP contribution is -2.36. The number of hydrogen-bond donors (Lipinski definition) is 2. The number of nitrogens with zero attached hydrogens (tertiary/aromatic N) is 3. The van der Waals surface area contributed by atoms with Crippen molar-refractivity contribution in [3.63, 3.8) is 0 Å². The average molecular weight is 387 g/mol. The van der Waals surface area contributed by atoms with Crippen LogP contribution in [0.15, 0.2) is 36.5 Å². The van der Waals surface area contributed by atoms with Crippen molar-refractivity contribution in [3.05, 3.63) is 52.2 Å². The number of rotatable bonds is 8. The fourth-order valence-corrected chi connectivity index (χ4v) is 2.42. The minimum absolute atomic E-state index is 0.0135. The van der Waals surface area contributed by atoms with E-state index in [4.69, 9.17) is 4.74 Å². The van der Waals surface area contributed by atoms with Crippen molar-refractivity contribution in [2.45, 2.75) is 6.92 Å². The van der Waals surface area contributed by atoms with Crippen LogP contribution in [0, 0.1) is 17.0 Å². The minimum Gasteiger partial charge on any atom is -0.494 e. The Morgan fingerprint density at radius 2 is 1.86 bits per heavy atom. The molecule has 0 unspecified atom stereocenters. The molecule has 0 aliphatic carbocycles. The maximum Gasteiger partial charge on any atom is 0.273 e. The van der Waals surface area contributed by atoms with E-state index in [1.165, 1.54) is 30.2 Å². The van der Waals surface area contributed by atoms with Crippen LogP contribution in [-0.4, -0.2) is 53.9 Å². The Balaban J connectivity index is 1.90. The Morgan fingerprint density at radius 1 is 1.18 bits per heavy atom. The third kappa shape index (κ3) is 6.02. The van der Waals surface area contributed by atoms with Gasteiger partial charge in [0, 0.05) is 12.3 Å². The molecule has 1 heterocycles. The number of methoxy groups -OCH3 is 1. The number of nitro groups is 1. The number of aryl methyl sites for hydroxylation is 1. The van der Waals surface area contributed by atoms with Gasteiger partial charge in [0.15, 0.2) is 0 Å². The molecule has 2 N–H and O–H groups in total. The van der Waals surface area contributed by atoms with Crippen molar-refractivity contribution in [2.75, 3.05) is 37.9 Å². The normalized spacial score (nSPS) is 10.4. The number of hydrogen-bond acceptors (Lipinski definition) is 7. The van der Waals surface area contributed by atoms with Crippen LogP contribution in [0.1, 0.15) is 5.56 Å². The van der Waals surface area contributed by atoms with Gasteiger partial charge in [0.05, 0.1) is 36.9 Å². The third-order valence-electron chi connectivity index (χ3n) is 3.68. The van der Waals surface area contributed by atoms with E-state index < -0.39 is 10.8 Å². The standard InChI is InChI=1S/C18H21N5O5/c1-12-6-7-19-16(8-12)21-18(25)11-22(2)10-17(24)20-14-5-4-13(23(26)27)9-15(14)28-3/h4-9H,10-11H2,1-3H3,(H,20,24)(H,19,21,25). The van der Waals surface area contributed by atoms with Crippen LogP contribution in [0.3, 0.4) is 0 Å². The summed E-state index contributed by atoms with van der Waals surface area (Å²) in [5.74, 6) is -0.0793. The fourth-order valence-electron chi connectivity index (χ4n) is 2.42. The zero-order valence-electron chi connectivity index (χ0n) is 15.8. The lowest BCUT2D eigenvalue weighted by Gasteiger charge is -2.16. The molecule has 1 aromatic carbocycles. The predicted molar refractivity (Wildman–Crippen MR) is 103 cm³/mol. The van der Waals surface area contributed by atoms with Crippen molar-refractivity contribution < 1.29 is 19.2 Å². The predicted octanol–water partition coefficient (Wildman–Crippen LogP) is 1.82. The van der Waals surface area contributed by atoms with E-state index in [9.17, 15) is 19.7 Å². The molecule has 2 amide bonds. The Kier molecular flexibility index (Phi) is 6.99. The number of benzene rings is 1. The lowest BCUT2D eigenvalue weighted by molar-refractivity contribution is -0.384. The summed E-state index contributed by atoms with van der Waals surface area (Å²) >= 11 is 0. The van der Waals surface area contributed by atoms with E-state index in [0.29, 0.717) is 11.5 Å². The Bertz CT molecular complexity index is 886. The average Bonchev–Trinajstić information content (AvgIpc) is 2.61. The van der Waals surface area contributed by atoms with Gasteiger partial charge in [0.2, 0.25) is 11.8 Å². The summed E-state index contributed by atoms with van der Waals surface area (Å²) in [6.45, 7) is 1.81. The summed E-state index contributed by atoms with van der Waals surface area (Å²) in [5.41, 5.74) is 1.13. The van der Waals surface area contributed by atoms with Crippen molar-refractivity contribution in [1.82, 2.24) is 9.88 Å². The highest BCUT2D eigenvalue weighted by Crippen LogP contribution is 2.28. The van der Waals surface area contributed by atoms with E-state index in [1.54, 1.807) is 19.3 Å². The molecule has 28 heavy (non-hydrogen) atoms. The second kappa shape index (κ2) is 9.42. The molecule has 0 atom stereocenters. The minimum atomic E-state index is -0.552. The molecule has 0 aliphatic rings. The number of carbonyl (C=O) groups is 2. The highest BCUT2D eigenvalue weighted by Gasteiger charge is 2.15. The summed E-state index contributed by atoms with van der Waals surface area (Å²) in [6, 6.07) is 7.45. The zero-order valence-corrected chi connectivity index (χ0v) is 15.8. The Morgan fingerprint density at radius 3 is 2.46 bits per heavy atom. The highest BCUT2D eigenvalue weighted by atomic mass is 16.6. The van der Waals surface area contributed by atoms with E-state index >= 15 is 0 Å². The van der Waals surface area contributed by atoms with E-state index in [2.05, 4.69) is 15.6 Å². The molecule has 0 saturated heterocycles. The topological polar surface area (TPSA) is 127 Å². The van der Waals surface area contributed by atoms with Crippen LogP contribution in [0.2, 0.25) is 0 Å². The van der Waals surface area contributed by atoms with Gasteiger partial charge < -0.3 is 15.4 Å². The summed E-state index contributed by atoms with van der Waals surface area (Å²) < 4.78 is 5.08. The van der Waals surface area contributed by atoms with Gasteiger partial charge in [0.1, 0.15) is 11.6 Å². The molecule has 10 heteroatoms. The van der Waals surface area contributed by atoms with E-state index in [-0.39, 0.29) is 30.4 Å². The first-order chi connectivity index (χ1) is 13.3. The number of nitrogens with one attached hydrogen (secondary N) is 2. The number of carbonyl (C=O) groups excluding carboxylic acids is 2. The van der Waals surface area contributed by atoms with Crippen LogP contribution >= 0.6 is 0 Å². The van der Waals surface area contributed by atoms with Crippen molar-refractivity contribution in [1.29, 1.82) is 0 Å². The maximum atomic E-state index is 12.2. The van der Waals surface area contributed by atoms with Gasteiger partial charge in [-0.25, -0.2) is 4.98 Å².